The van der Waals surface area contributed by atoms with E-state index in [1.807, 2.05) is 19.2 Å². The lowest BCUT2D eigenvalue weighted by molar-refractivity contribution is 0.166. The summed E-state index contributed by atoms with van der Waals surface area (Å²) in [5, 5.41) is 6.66. The van der Waals surface area contributed by atoms with Gasteiger partial charge in [0, 0.05) is 18.4 Å². The van der Waals surface area contributed by atoms with Crippen molar-refractivity contribution >= 4 is 6.09 Å². The Morgan fingerprint density at radius 2 is 2.54 bits per heavy atom. The molecular formula is C8H13N3O2. The molecule has 1 amide bonds. The second-order valence-electron chi connectivity index (χ2n) is 2.77. The first-order valence-electron chi connectivity index (χ1n) is 4.04. The van der Waals surface area contributed by atoms with Crippen molar-refractivity contribution < 1.29 is 9.53 Å². The Labute approximate surface area is 76.7 Å². The Hall–Kier alpha value is -1.52. The van der Waals surface area contributed by atoms with Gasteiger partial charge < -0.3 is 10.1 Å². The minimum absolute atomic E-state index is 0.00681. The van der Waals surface area contributed by atoms with E-state index in [2.05, 4.69) is 15.2 Å². The molecule has 1 heterocycles. The van der Waals surface area contributed by atoms with Gasteiger partial charge in [0.1, 0.15) is 0 Å². The summed E-state index contributed by atoms with van der Waals surface area (Å²) in [4.78, 5) is 10.8. The number of hydrogen-bond acceptors (Lipinski definition) is 3. The maximum Gasteiger partial charge on any atom is 0.407 e. The van der Waals surface area contributed by atoms with Crippen LogP contribution in [0, 0.1) is 0 Å². The lowest BCUT2D eigenvalue weighted by Gasteiger charge is -2.12. The molecule has 1 N–H and O–H groups in total. The molecule has 5 nitrogen and oxygen atoms in total. The minimum atomic E-state index is -0.417. The Morgan fingerprint density at radius 1 is 1.77 bits per heavy atom. The fraction of sp³-hybridized carbons (Fsp3) is 0.500. The van der Waals surface area contributed by atoms with Gasteiger partial charge in [0.15, 0.2) is 0 Å². The highest BCUT2D eigenvalue weighted by Gasteiger charge is 2.06. The highest BCUT2D eigenvalue weighted by molar-refractivity contribution is 5.67. The Bertz CT molecular complexity index is 258. The number of ether oxygens (including phenoxy) is 1. The highest BCUT2D eigenvalue weighted by atomic mass is 16.5. The van der Waals surface area contributed by atoms with Crippen molar-refractivity contribution in [3.05, 3.63) is 18.5 Å². The van der Waals surface area contributed by atoms with E-state index in [-0.39, 0.29) is 6.04 Å². The molecule has 72 valence electrons. The van der Waals surface area contributed by atoms with Crippen LogP contribution in [0.15, 0.2) is 18.5 Å². The van der Waals surface area contributed by atoms with Crippen LogP contribution in [0.5, 0.6) is 0 Å². The van der Waals surface area contributed by atoms with E-state index in [0.717, 1.165) is 0 Å². The fourth-order valence-electron chi connectivity index (χ4n) is 0.995. The summed E-state index contributed by atoms with van der Waals surface area (Å²) < 4.78 is 6.21. The SMILES string of the molecule is COC(=O)N[C@H](C)Cn1cccn1. The number of nitrogens with zero attached hydrogens (tertiary/aromatic N) is 2. The molecule has 0 aliphatic heterocycles. The van der Waals surface area contributed by atoms with Crippen LogP contribution in [-0.4, -0.2) is 29.0 Å². The summed E-state index contributed by atoms with van der Waals surface area (Å²) in [6, 6.07) is 1.84. The van der Waals surface area contributed by atoms with Crippen LogP contribution in [0.1, 0.15) is 6.92 Å². The number of hydrogen-bond donors (Lipinski definition) is 1. The number of amides is 1. The Kier molecular flexibility index (Phi) is 3.31. The summed E-state index contributed by atoms with van der Waals surface area (Å²) in [5.74, 6) is 0. The fourth-order valence-corrected chi connectivity index (χ4v) is 0.995. The minimum Gasteiger partial charge on any atom is -0.453 e. The van der Waals surface area contributed by atoms with Crippen LogP contribution in [0.25, 0.3) is 0 Å². The predicted octanol–water partition coefficient (Wildman–Crippen LogP) is 0.628. The monoisotopic (exact) mass is 183 g/mol. The number of alkyl carbamates (subject to hydrolysis) is 1. The van der Waals surface area contributed by atoms with E-state index < -0.39 is 6.09 Å². The smallest absolute Gasteiger partial charge is 0.407 e. The largest absolute Gasteiger partial charge is 0.453 e. The second kappa shape index (κ2) is 4.49. The maximum atomic E-state index is 10.8. The third-order valence-electron chi connectivity index (χ3n) is 1.57. The van der Waals surface area contributed by atoms with Crippen LogP contribution in [-0.2, 0) is 11.3 Å². The van der Waals surface area contributed by atoms with Crippen LogP contribution in [0.3, 0.4) is 0 Å². The number of rotatable bonds is 3. The summed E-state index contributed by atoms with van der Waals surface area (Å²) in [7, 11) is 1.34. The van der Waals surface area contributed by atoms with Crippen molar-refractivity contribution in [2.75, 3.05) is 7.11 Å². The van der Waals surface area contributed by atoms with Gasteiger partial charge >= 0.3 is 6.09 Å². The van der Waals surface area contributed by atoms with E-state index in [1.165, 1.54) is 7.11 Å². The number of carbonyl (C=O) groups is 1. The van der Waals surface area contributed by atoms with E-state index in [9.17, 15) is 4.79 Å². The van der Waals surface area contributed by atoms with Gasteiger partial charge in [-0.05, 0) is 13.0 Å². The van der Waals surface area contributed by atoms with Crippen molar-refractivity contribution in [1.82, 2.24) is 15.1 Å². The van der Waals surface area contributed by atoms with Gasteiger partial charge in [0.05, 0.1) is 13.7 Å². The normalized spacial score (nSPS) is 12.2. The molecule has 0 aromatic carbocycles. The average molecular weight is 183 g/mol. The Morgan fingerprint density at radius 3 is 3.08 bits per heavy atom. The highest BCUT2D eigenvalue weighted by Crippen LogP contribution is 1.90. The summed E-state index contributed by atoms with van der Waals surface area (Å²) in [5.41, 5.74) is 0. The number of nitrogens with one attached hydrogen (secondary N) is 1. The van der Waals surface area contributed by atoms with E-state index >= 15 is 0 Å². The molecule has 0 saturated carbocycles. The maximum absolute atomic E-state index is 10.8. The first-order chi connectivity index (χ1) is 6.22. The molecule has 0 radical (unpaired) electrons. The molecule has 0 aliphatic rings. The average Bonchev–Trinajstić information content (AvgIpc) is 2.56. The lowest BCUT2D eigenvalue weighted by Crippen LogP contribution is -2.35. The van der Waals surface area contributed by atoms with Crippen molar-refractivity contribution in [2.45, 2.75) is 19.5 Å². The van der Waals surface area contributed by atoms with Gasteiger partial charge in [-0.1, -0.05) is 0 Å². The predicted molar refractivity (Wildman–Crippen MR) is 47.2 cm³/mol. The van der Waals surface area contributed by atoms with Gasteiger partial charge in [-0.2, -0.15) is 5.10 Å². The van der Waals surface area contributed by atoms with E-state index in [0.29, 0.717) is 6.54 Å². The molecular weight excluding hydrogens is 170 g/mol. The summed E-state index contributed by atoms with van der Waals surface area (Å²) in [6.07, 6.45) is 3.13. The lowest BCUT2D eigenvalue weighted by atomic mass is 10.3. The summed E-state index contributed by atoms with van der Waals surface area (Å²) >= 11 is 0. The molecule has 0 aliphatic carbocycles. The van der Waals surface area contributed by atoms with Crippen molar-refractivity contribution in [1.29, 1.82) is 0 Å². The third-order valence-corrected chi connectivity index (χ3v) is 1.57. The van der Waals surface area contributed by atoms with Crippen molar-refractivity contribution in [2.24, 2.45) is 0 Å². The van der Waals surface area contributed by atoms with Gasteiger partial charge in [-0.3, -0.25) is 4.68 Å². The van der Waals surface area contributed by atoms with Gasteiger partial charge in [-0.25, -0.2) is 4.79 Å². The van der Waals surface area contributed by atoms with Gasteiger partial charge in [0.2, 0.25) is 0 Å². The number of methoxy groups -OCH3 is 1. The number of carbonyl (C=O) groups excluding carboxylic acids is 1. The number of aromatic nitrogens is 2. The zero-order chi connectivity index (χ0) is 9.68. The second-order valence-corrected chi connectivity index (χ2v) is 2.77. The molecule has 1 rings (SSSR count). The molecule has 0 unspecified atom stereocenters. The molecule has 5 heteroatoms. The van der Waals surface area contributed by atoms with Crippen LogP contribution in [0.4, 0.5) is 4.79 Å². The first kappa shape index (κ1) is 9.57. The summed E-state index contributed by atoms with van der Waals surface area (Å²) in [6.45, 7) is 2.53. The quantitative estimate of drug-likeness (QED) is 0.747. The molecule has 1 atom stereocenters. The van der Waals surface area contributed by atoms with Crippen LogP contribution < -0.4 is 5.32 Å². The molecule has 1 aromatic rings. The topological polar surface area (TPSA) is 56.1 Å². The van der Waals surface area contributed by atoms with Gasteiger partial charge in [-0.15, -0.1) is 0 Å². The van der Waals surface area contributed by atoms with Gasteiger partial charge in [0.25, 0.3) is 0 Å². The zero-order valence-electron chi connectivity index (χ0n) is 7.73. The molecule has 1 aromatic heterocycles. The van der Waals surface area contributed by atoms with Crippen molar-refractivity contribution in [3.63, 3.8) is 0 Å². The van der Waals surface area contributed by atoms with E-state index in [4.69, 9.17) is 0 Å². The first-order valence-corrected chi connectivity index (χ1v) is 4.04. The van der Waals surface area contributed by atoms with Crippen LogP contribution in [0.2, 0.25) is 0 Å². The third kappa shape index (κ3) is 3.14. The molecule has 0 fully saturated rings. The van der Waals surface area contributed by atoms with E-state index in [1.54, 1.807) is 10.9 Å². The van der Waals surface area contributed by atoms with Crippen molar-refractivity contribution in [3.8, 4) is 0 Å². The molecule has 13 heavy (non-hydrogen) atoms. The standard InChI is InChI=1S/C8H13N3O2/c1-7(10-8(12)13-2)6-11-5-3-4-9-11/h3-5,7H,6H2,1-2H3,(H,10,12)/t7-/m1/s1. The molecule has 0 spiro atoms. The molecule has 0 bridgehead atoms. The van der Waals surface area contributed by atoms with Crippen LogP contribution >= 0.6 is 0 Å². The Balaban J connectivity index is 2.33. The molecule has 0 saturated heterocycles. The zero-order valence-corrected chi connectivity index (χ0v) is 7.73.